The number of fused-ring (bicyclic) bond motifs is 5. The van der Waals surface area contributed by atoms with Crippen LogP contribution in [-0.4, -0.2) is 33.0 Å². The van der Waals surface area contributed by atoms with Crippen molar-refractivity contribution in [1.29, 1.82) is 0 Å². The minimum Gasteiger partial charge on any atom is -0.385 e. The summed E-state index contributed by atoms with van der Waals surface area (Å²) in [7, 11) is 0. The molecule has 2 fully saturated rings. The van der Waals surface area contributed by atoms with Crippen LogP contribution in [0.3, 0.4) is 0 Å². The summed E-state index contributed by atoms with van der Waals surface area (Å²) >= 11 is 0. The lowest BCUT2D eigenvalue weighted by Gasteiger charge is -2.61. The second-order valence-corrected chi connectivity index (χ2v) is 11.9. The highest BCUT2D eigenvalue weighted by atomic mass is 16.3. The quantitative estimate of drug-likeness (QED) is 0.607. The number of carbonyl (C=O) groups excluding carboxylic acids is 2. The Labute approximate surface area is 192 Å². The van der Waals surface area contributed by atoms with Gasteiger partial charge in [0.15, 0.2) is 11.6 Å². The lowest BCUT2D eigenvalue weighted by molar-refractivity contribution is -0.158. The largest absolute Gasteiger partial charge is 0.385 e. The Bertz CT molecular complexity index is 926. The van der Waals surface area contributed by atoms with Crippen LogP contribution in [0.5, 0.6) is 0 Å². The molecule has 32 heavy (non-hydrogen) atoms. The van der Waals surface area contributed by atoms with Gasteiger partial charge in [-0.1, -0.05) is 53.7 Å². The van der Waals surface area contributed by atoms with Crippen molar-refractivity contribution in [2.75, 3.05) is 0 Å². The molecule has 2 saturated carbocycles. The lowest BCUT2D eigenvalue weighted by Crippen LogP contribution is -2.66. The van der Waals surface area contributed by atoms with E-state index in [1.165, 1.54) is 12.2 Å². The number of hydrogen-bond acceptors (Lipinski definition) is 4. The van der Waals surface area contributed by atoms with E-state index in [0.717, 1.165) is 6.42 Å². The molecule has 0 aromatic heterocycles. The zero-order valence-corrected chi connectivity index (χ0v) is 20.6. The summed E-state index contributed by atoms with van der Waals surface area (Å²) < 4.78 is 0. The Balaban J connectivity index is 1.73. The van der Waals surface area contributed by atoms with Crippen molar-refractivity contribution < 1.29 is 19.8 Å². The summed E-state index contributed by atoms with van der Waals surface area (Å²) in [5, 5.41) is 24.3. The summed E-state index contributed by atoms with van der Waals surface area (Å²) in [6.45, 7) is 13.0. The van der Waals surface area contributed by atoms with E-state index in [2.05, 4.69) is 46.8 Å². The number of aliphatic hydroxyl groups is 2. The molecule has 7 atom stereocenters. The molecule has 0 heterocycles. The van der Waals surface area contributed by atoms with E-state index in [9.17, 15) is 19.8 Å². The van der Waals surface area contributed by atoms with E-state index in [-0.39, 0.29) is 17.5 Å². The lowest BCUT2D eigenvalue weighted by atomic mass is 9.46. The van der Waals surface area contributed by atoms with Crippen LogP contribution in [0.25, 0.3) is 0 Å². The monoisotopic (exact) mass is 440 g/mol. The van der Waals surface area contributed by atoms with Gasteiger partial charge in [-0.15, -0.1) is 0 Å². The highest BCUT2D eigenvalue weighted by molar-refractivity contribution is 6.12. The second-order valence-electron chi connectivity index (χ2n) is 11.9. The standard InChI is InChI=1S/C28H40O4/c1-17(2)18(3)7-8-19(4)21-10-12-27(31)24-16-23(30)22-15-20(29)9-11-25(22,5)28(24,32)14-13-26(21,27)6/h7-8,15-19,21,31-32H,9-14H2,1-6H3/b8-7+/t18-,19+,21+,25-,26+,27+,28+/m0/s1. The number of hydrogen-bond donors (Lipinski definition) is 2. The smallest absolute Gasteiger partial charge is 0.182 e. The van der Waals surface area contributed by atoms with Crippen LogP contribution in [0.2, 0.25) is 0 Å². The van der Waals surface area contributed by atoms with Crippen LogP contribution < -0.4 is 0 Å². The van der Waals surface area contributed by atoms with E-state index in [0.29, 0.717) is 61.0 Å². The molecule has 0 aromatic rings. The van der Waals surface area contributed by atoms with Gasteiger partial charge in [-0.25, -0.2) is 0 Å². The third-order valence-corrected chi connectivity index (χ3v) is 10.1. The van der Waals surface area contributed by atoms with Gasteiger partial charge in [0, 0.05) is 22.8 Å². The Kier molecular flexibility index (Phi) is 5.54. The van der Waals surface area contributed by atoms with Gasteiger partial charge in [-0.05, 0) is 73.5 Å². The summed E-state index contributed by atoms with van der Waals surface area (Å²) in [6, 6.07) is 0. The zero-order valence-electron chi connectivity index (χ0n) is 20.6. The van der Waals surface area contributed by atoms with Crippen molar-refractivity contribution in [2.45, 2.75) is 91.3 Å². The number of carbonyl (C=O) groups is 2. The molecule has 0 aliphatic heterocycles. The minimum absolute atomic E-state index is 0.0530. The maximum atomic E-state index is 13.1. The summed E-state index contributed by atoms with van der Waals surface area (Å²) in [5.74, 6) is 1.40. The fourth-order valence-electron chi connectivity index (χ4n) is 7.27. The minimum atomic E-state index is -1.29. The van der Waals surface area contributed by atoms with Gasteiger partial charge in [-0.3, -0.25) is 9.59 Å². The van der Waals surface area contributed by atoms with Crippen molar-refractivity contribution >= 4 is 11.6 Å². The van der Waals surface area contributed by atoms with E-state index in [1.54, 1.807) is 0 Å². The zero-order chi connectivity index (χ0) is 23.7. The van der Waals surface area contributed by atoms with E-state index >= 15 is 0 Å². The first kappa shape index (κ1) is 23.6. The van der Waals surface area contributed by atoms with Crippen molar-refractivity contribution in [1.82, 2.24) is 0 Å². The highest BCUT2D eigenvalue weighted by Crippen LogP contribution is 2.68. The van der Waals surface area contributed by atoms with Crippen LogP contribution in [0, 0.1) is 34.5 Å². The van der Waals surface area contributed by atoms with Gasteiger partial charge < -0.3 is 10.2 Å². The third kappa shape index (κ3) is 3.01. The Hall–Kier alpha value is -1.52. The molecule has 0 aromatic carbocycles. The number of allylic oxidation sites excluding steroid dienone is 4. The van der Waals surface area contributed by atoms with Gasteiger partial charge in [0.05, 0.1) is 11.2 Å². The molecule has 176 valence electrons. The third-order valence-electron chi connectivity index (χ3n) is 10.1. The number of rotatable bonds is 4. The first-order valence-electron chi connectivity index (χ1n) is 12.5. The molecule has 0 saturated heterocycles. The molecular weight excluding hydrogens is 400 g/mol. The predicted octanol–water partition coefficient (Wildman–Crippen LogP) is 4.95. The van der Waals surface area contributed by atoms with Crippen molar-refractivity contribution in [2.24, 2.45) is 34.5 Å². The fraction of sp³-hybridized carbons (Fsp3) is 0.714. The van der Waals surface area contributed by atoms with E-state index in [4.69, 9.17) is 0 Å². The molecular formula is C28H40O4. The molecule has 4 aliphatic carbocycles. The molecule has 0 spiro atoms. The Morgan fingerprint density at radius 1 is 0.938 bits per heavy atom. The topological polar surface area (TPSA) is 74.6 Å². The van der Waals surface area contributed by atoms with E-state index < -0.39 is 22.0 Å². The average Bonchev–Trinajstić information content (AvgIpc) is 3.01. The van der Waals surface area contributed by atoms with Crippen LogP contribution in [-0.2, 0) is 9.59 Å². The van der Waals surface area contributed by atoms with Gasteiger partial charge in [0.2, 0.25) is 0 Å². The van der Waals surface area contributed by atoms with Crippen LogP contribution in [0.4, 0.5) is 0 Å². The molecule has 0 radical (unpaired) electrons. The molecule has 0 bridgehead atoms. The van der Waals surface area contributed by atoms with Gasteiger partial charge in [0.25, 0.3) is 0 Å². The molecule has 4 rings (SSSR count). The normalized spacial score (nSPS) is 43.5. The van der Waals surface area contributed by atoms with E-state index in [1.807, 2.05) is 6.92 Å². The first-order chi connectivity index (χ1) is 14.8. The highest BCUT2D eigenvalue weighted by Gasteiger charge is 2.70. The van der Waals surface area contributed by atoms with Crippen molar-refractivity contribution in [3.63, 3.8) is 0 Å². The summed E-state index contributed by atoms with van der Waals surface area (Å²) in [4.78, 5) is 25.2. The summed E-state index contributed by atoms with van der Waals surface area (Å²) in [5.41, 5.74) is -2.80. The SMILES string of the molecule is CC(C)[C@@H](C)/C=C/[C@@H](C)[C@H]1CC[C@@]2(O)C3=CC(=O)C4=CC(=O)CC[C@]4(C)[C@@]3(O)CC[C@]12C. The van der Waals surface area contributed by atoms with Crippen molar-refractivity contribution in [3.8, 4) is 0 Å². The fourth-order valence-corrected chi connectivity index (χ4v) is 7.27. The van der Waals surface area contributed by atoms with Gasteiger partial charge in [0.1, 0.15) is 0 Å². The van der Waals surface area contributed by atoms with Crippen molar-refractivity contribution in [3.05, 3.63) is 35.5 Å². The Morgan fingerprint density at radius 2 is 1.62 bits per heavy atom. The predicted molar refractivity (Wildman–Crippen MR) is 126 cm³/mol. The molecule has 4 nitrogen and oxygen atoms in total. The maximum Gasteiger partial charge on any atom is 0.182 e. The molecule has 4 heteroatoms. The Morgan fingerprint density at radius 3 is 2.28 bits per heavy atom. The first-order valence-corrected chi connectivity index (χ1v) is 12.5. The molecule has 4 aliphatic rings. The summed E-state index contributed by atoms with van der Waals surface area (Å²) in [6.07, 6.45) is 10.9. The molecule has 0 unspecified atom stereocenters. The van der Waals surface area contributed by atoms with Gasteiger partial charge >= 0.3 is 0 Å². The van der Waals surface area contributed by atoms with Gasteiger partial charge in [-0.2, -0.15) is 0 Å². The molecule has 2 N–H and O–H groups in total. The van der Waals surface area contributed by atoms with Crippen LogP contribution in [0.1, 0.15) is 80.1 Å². The maximum absolute atomic E-state index is 13.1. The number of ketones is 2. The van der Waals surface area contributed by atoms with Crippen LogP contribution in [0.15, 0.2) is 35.5 Å². The second kappa shape index (κ2) is 7.50. The van der Waals surface area contributed by atoms with Crippen LogP contribution >= 0.6 is 0 Å². The molecule has 0 amide bonds. The average molecular weight is 441 g/mol.